The lowest BCUT2D eigenvalue weighted by Crippen LogP contribution is -2.36. The number of nitrogens with zero attached hydrogens (tertiary/aromatic N) is 9. The summed E-state index contributed by atoms with van der Waals surface area (Å²) >= 11 is 0. The second-order valence-electron chi connectivity index (χ2n) is 12.3. The van der Waals surface area contributed by atoms with Crippen LogP contribution in [0.15, 0.2) is 67.0 Å². The first kappa shape index (κ1) is 31.1. The summed E-state index contributed by atoms with van der Waals surface area (Å²) in [5.74, 6) is 1.40. The predicted molar refractivity (Wildman–Crippen MR) is 174 cm³/mol. The molecule has 1 aliphatic carbocycles. The number of rotatable bonds is 10. The molecule has 16 heteroatoms. The summed E-state index contributed by atoms with van der Waals surface area (Å²) in [6.07, 6.45) is 1.40. The van der Waals surface area contributed by atoms with E-state index >= 15 is 0 Å². The molecule has 7 rings (SSSR count). The van der Waals surface area contributed by atoms with E-state index in [0.29, 0.717) is 61.2 Å². The molecule has 1 saturated carbocycles. The van der Waals surface area contributed by atoms with Gasteiger partial charge in [0.25, 0.3) is 0 Å². The van der Waals surface area contributed by atoms with Crippen LogP contribution in [0.4, 0.5) is 11.8 Å². The van der Waals surface area contributed by atoms with Gasteiger partial charge in [0.15, 0.2) is 22.8 Å². The maximum atomic E-state index is 11.9. The molecule has 4 N–H and O–H groups in total. The maximum absolute atomic E-state index is 11.9. The molecule has 3 aromatic heterocycles. The van der Waals surface area contributed by atoms with Gasteiger partial charge in [-0.15, -0.1) is 10.2 Å². The minimum absolute atomic E-state index is 0.00859. The summed E-state index contributed by atoms with van der Waals surface area (Å²) in [4.78, 5) is 17.8. The predicted octanol–water partition coefficient (Wildman–Crippen LogP) is 1.40. The third-order valence-corrected chi connectivity index (χ3v) is 9.70. The van der Waals surface area contributed by atoms with Gasteiger partial charge in [-0.1, -0.05) is 60.7 Å². The van der Waals surface area contributed by atoms with Crippen molar-refractivity contribution in [2.75, 3.05) is 36.1 Å². The fourth-order valence-electron chi connectivity index (χ4n) is 6.68. The monoisotopic (exact) mass is 659 g/mol. The second-order valence-corrected chi connectivity index (χ2v) is 14.1. The molecule has 5 aromatic rings. The summed E-state index contributed by atoms with van der Waals surface area (Å²) < 4.78 is 28.4. The second kappa shape index (κ2) is 12.6. The molecule has 1 saturated heterocycles. The van der Waals surface area contributed by atoms with Crippen LogP contribution in [0.3, 0.4) is 0 Å². The van der Waals surface area contributed by atoms with Crippen molar-refractivity contribution in [3.05, 3.63) is 83.9 Å². The van der Waals surface area contributed by atoms with Gasteiger partial charge in [0, 0.05) is 31.6 Å². The molecule has 0 bridgehead atoms. The minimum atomic E-state index is -3.39. The van der Waals surface area contributed by atoms with Crippen molar-refractivity contribution in [3.63, 3.8) is 0 Å². The molecule has 2 aromatic carbocycles. The van der Waals surface area contributed by atoms with Crippen LogP contribution in [0.25, 0.3) is 11.2 Å². The Labute approximate surface area is 271 Å². The van der Waals surface area contributed by atoms with Crippen molar-refractivity contribution in [3.8, 4) is 0 Å². The highest BCUT2D eigenvalue weighted by molar-refractivity contribution is 7.88. The number of aryl methyl sites for hydroxylation is 1. The highest BCUT2D eigenvalue weighted by atomic mass is 32.2. The number of nitrogens with one attached hydrogen (secondary N) is 2. The molecule has 4 heterocycles. The first-order valence-corrected chi connectivity index (χ1v) is 17.5. The molecule has 0 amide bonds. The van der Waals surface area contributed by atoms with E-state index in [0.717, 1.165) is 17.4 Å². The van der Waals surface area contributed by atoms with Gasteiger partial charge in [-0.25, -0.2) is 18.1 Å². The largest absolute Gasteiger partial charge is 0.388 e. The fourth-order valence-corrected chi connectivity index (χ4v) is 7.48. The summed E-state index contributed by atoms with van der Waals surface area (Å²) in [5, 5.41) is 38.0. The number of anilines is 2. The van der Waals surface area contributed by atoms with Crippen LogP contribution in [-0.2, 0) is 10.0 Å². The normalized spacial score (nSPS) is 23.3. The van der Waals surface area contributed by atoms with Crippen LogP contribution in [0.1, 0.15) is 47.8 Å². The first-order chi connectivity index (χ1) is 22.6. The smallest absolute Gasteiger partial charge is 0.229 e. The molecule has 0 radical (unpaired) electrons. The summed E-state index contributed by atoms with van der Waals surface area (Å²) in [7, 11) is -3.39. The number of aliphatic hydroxyl groups is 2. The highest BCUT2D eigenvalue weighted by Gasteiger charge is 2.45. The van der Waals surface area contributed by atoms with Gasteiger partial charge in [0.05, 0.1) is 18.6 Å². The quantitative estimate of drug-likeness (QED) is 0.169. The average molecular weight is 660 g/mol. The Balaban J connectivity index is 1.25. The Morgan fingerprint density at radius 2 is 1.66 bits per heavy atom. The van der Waals surface area contributed by atoms with E-state index in [2.05, 4.69) is 49.7 Å². The zero-order valence-electron chi connectivity index (χ0n) is 26.0. The summed E-state index contributed by atoms with van der Waals surface area (Å²) in [6.45, 7) is 3.17. The number of hydrogen-bond donors (Lipinski definition) is 4. The summed E-state index contributed by atoms with van der Waals surface area (Å²) in [5.41, 5.74) is 3.27. The maximum Gasteiger partial charge on any atom is 0.229 e. The van der Waals surface area contributed by atoms with Gasteiger partial charge in [-0.3, -0.25) is 0 Å². The Hall–Kier alpha value is -4.51. The SMILES string of the molecule is Cc1nnn([C@H]2C[C@@H](n3cnc4c(NCC(c5ccccc5)c5ccccc5)nc(N5CC[C@@H](NS(C)(=O)=O)C5)nc43)[C@H](O)[C@@H]2O)n1. The zero-order chi connectivity index (χ0) is 32.7. The van der Waals surface area contributed by atoms with Gasteiger partial charge in [-0.05, 0) is 36.1 Å². The lowest BCUT2D eigenvalue weighted by Gasteiger charge is -2.22. The molecule has 47 heavy (non-hydrogen) atoms. The Morgan fingerprint density at radius 3 is 2.30 bits per heavy atom. The number of aliphatic hydroxyl groups excluding tert-OH is 2. The van der Waals surface area contributed by atoms with E-state index in [4.69, 9.17) is 15.0 Å². The number of hydrogen-bond acceptors (Lipinski definition) is 12. The molecule has 0 spiro atoms. The molecule has 246 valence electrons. The van der Waals surface area contributed by atoms with Crippen molar-refractivity contribution >= 4 is 33.0 Å². The van der Waals surface area contributed by atoms with E-state index in [9.17, 15) is 18.6 Å². The fraction of sp³-hybridized carbons (Fsp3) is 0.419. The van der Waals surface area contributed by atoms with Crippen molar-refractivity contribution < 1.29 is 18.6 Å². The Morgan fingerprint density at radius 1 is 0.979 bits per heavy atom. The van der Waals surface area contributed by atoms with Gasteiger partial charge < -0.3 is 25.0 Å². The van der Waals surface area contributed by atoms with Gasteiger partial charge in [0.1, 0.15) is 18.2 Å². The summed E-state index contributed by atoms with van der Waals surface area (Å²) in [6, 6.07) is 19.0. The number of tetrazole rings is 1. The highest BCUT2D eigenvalue weighted by Crippen LogP contribution is 2.40. The van der Waals surface area contributed by atoms with Crippen LogP contribution >= 0.6 is 0 Å². The van der Waals surface area contributed by atoms with E-state index in [1.54, 1.807) is 17.8 Å². The van der Waals surface area contributed by atoms with E-state index in [-0.39, 0.29) is 12.0 Å². The molecule has 5 atom stereocenters. The average Bonchev–Trinajstić information content (AvgIpc) is 3.85. The Bertz CT molecular complexity index is 1910. The van der Waals surface area contributed by atoms with Crippen molar-refractivity contribution in [2.24, 2.45) is 0 Å². The minimum Gasteiger partial charge on any atom is -0.388 e. The standard InChI is InChI=1S/C31H37N11O4S/c1-19-36-39-42(37-19)25-15-24(27(43)28(25)44)41-18-33-26-29(32-16-23(20-9-5-3-6-10-20)21-11-7-4-8-12-21)34-31(35-30(26)41)40-14-13-22(17-40)38-47(2,45)46/h3-12,18,22-25,27-28,38,43-44H,13-17H2,1-2H3,(H,32,34,35)/t22-,24-,25+,27+,28-/m1/s1. The van der Waals surface area contributed by atoms with E-state index in [1.807, 2.05) is 41.3 Å². The number of imidazole rings is 1. The van der Waals surface area contributed by atoms with E-state index < -0.39 is 34.3 Å². The third kappa shape index (κ3) is 6.41. The van der Waals surface area contributed by atoms with Crippen LogP contribution in [0.2, 0.25) is 0 Å². The molecular formula is C31H37N11O4S. The van der Waals surface area contributed by atoms with E-state index in [1.165, 1.54) is 4.80 Å². The van der Waals surface area contributed by atoms with Crippen molar-refractivity contribution in [1.29, 1.82) is 0 Å². The molecule has 2 aliphatic rings. The topological polar surface area (TPSA) is 189 Å². The Kier molecular flexibility index (Phi) is 8.34. The van der Waals surface area contributed by atoms with Crippen LogP contribution < -0.4 is 14.9 Å². The lowest BCUT2D eigenvalue weighted by molar-refractivity contribution is 0.00474. The van der Waals surface area contributed by atoms with Gasteiger partial charge in [0.2, 0.25) is 16.0 Å². The number of sulfonamides is 1. The van der Waals surface area contributed by atoms with Crippen LogP contribution in [0.5, 0.6) is 0 Å². The van der Waals surface area contributed by atoms with Gasteiger partial charge in [-0.2, -0.15) is 14.8 Å². The molecule has 1 aliphatic heterocycles. The lowest BCUT2D eigenvalue weighted by atomic mass is 9.91. The molecule has 0 unspecified atom stereocenters. The number of fused-ring (bicyclic) bond motifs is 1. The molecule has 2 fully saturated rings. The third-order valence-electron chi connectivity index (χ3n) is 8.94. The number of aromatic nitrogens is 8. The number of benzene rings is 2. The zero-order valence-corrected chi connectivity index (χ0v) is 26.8. The first-order valence-electron chi connectivity index (χ1n) is 15.6. The van der Waals surface area contributed by atoms with Crippen molar-refractivity contribution in [2.45, 2.75) is 56.0 Å². The molecular weight excluding hydrogens is 622 g/mol. The van der Waals surface area contributed by atoms with Crippen LogP contribution in [-0.4, -0.2) is 102 Å². The van der Waals surface area contributed by atoms with Crippen LogP contribution in [0, 0.1) is 6.92 Å². The van der Waals surface area contributed by atoms with Gasteiger partial charge >= 0.3 is 0 Å². The van der Waals surface area contributed by atoms with Crippen molar-refractivity contribution in [1.82, 2.24) is 44.4 Å². The molecule has 15 nitrogen and oxygen atoms in total.